The van der Waals surface area contributed by atoms with E-state index in [0.29, 0.717) is 38.1 Å². The second kappa shape index (κ2) is 7.40. The monoisotopic (exact) mass is 443 g/mol. The maximum absolute atomic E-state index is 13.0. The highest BCUT2D eigenvalue weighted by molar-refractivity contribution is 7.99. The fraction of sp³-hybridized carbons (Fsp3) is 0.150. The summed E-state index contributed by atoms with van der Waals surface area (Å²) in [6.07, 6.45) is 2.58. The molecular weight excluding hydrogens is 429 g/mol. The van der Waals surface area contributed by atoms with Gasteiger partial charge in [0, 0.05) is 24.1 Å². The highest BCUT2D eigenvalue weighted by Gasteiger charge is 2.30. The predicted molar refractivity (Wildman–Crippen MR) is 118 cm³/mol. The van der Waals surface area contributed by atoms with Gasteiger partial charge in [0.15, 0.2) is 0 Å². The number of carbonyl (C=O) groups excluding carboxylic acids is 1. The smallest absolute Gasteiger partial charge is 0.263 e. The number of para-hydroxylation sites is 1. The number of thioether (sulfide) groups is 1. The van der Waals surface area contributed by atoms with Crippen LogP contribution < -0.4 is 15.5 Å². The summed E-state index contributed by atoms with van der Waals surface area (Å²) in [5, 5.41) is 8.06. The number of halogens is 2. The van der Waals surface area contributed by atoms with Gasteiger partial charge in [-0.05, 0) is 36.2 Å². The number of nitrogens with zero attached hydrogens (tertiary/aromatic N) is 3. The number of rotatable bonds is 3. The highest BCUT2D eigenvalue weighted by atomic mass is 35.5. The van der Waals surface area contributed by atoms with Gasteiger partial charge in [-0.1, -0.05) is 47.1 Å². The van der Waals surface area contributed by atoms with Gasteiger partial charge in [0.05, 0.1) is 27.2 Å². The Bertz CT molecular complexity index is 1120. The minimum atomic E-state index is -0.220. The lowest BCUT2D eigenvalue weighted by Crippen LogP contribution is -2.35. The van der Waals surface area contributed by atoms with Gasteiger partial charge in [0.2, 0.25) is 5.95 Å². The average molecular weight is 444 g/mol. The Balaban J connectivity index is 1.41. The molecule has 0 fully saturated rings. The third-order valence-corrected chi connectivity index (χ3v) is 6.42. The zero-order valence-corrected chi connectivity index (χ0v) is 17.4. The number of nitrogens with one attached hydrogen (secondary N) is 2. The Morgan fingerprint density at radius 2 is 2.00 bits per heavy atom. The first kappa shape index (κ1) is 18.5. The fourth-order valence-corrected chi connectivity index (χ4v) is 4.97. The molecule has 0 unspecified atom stereocenters. The van der Waals surface area contributed by atoms with E-state index in [1.54, 1.807) is 29.3 Å². The molecule has 2 N–H and O–H groups in total. The summed E-state index contributed by atoms with van der Waals surface area (Å²) in [5.41, 5.74) is 4.27. The third-order valence-electron chi connectivity index (χ3n) is 4.84. The van der Waals surface area contributed by atoms with Gasteiger partial charge in [0.25, 0.3) is 5.91 Å². The van der Waals surface area contributed by atoms with Crippen molar-refractivity contribution in [2.75, 3.05) is 28.0 Å². The van der Waals surface area contributed by atoms with E-state index >= 15 is 0 Å². The Morgan fingerprint density at radius 1 is 1.17 bits per heavy atom. The van der Waals surface area contributed by atoms with E-state index in [-0.39, 0.29) is 5.91 Å². The molecule has 0 aliphatic carbocycles. The normalized spacial score (nSPS) is 15.0. The largest absolute Gasteiger partial charge is 0.384 e. The maximum Gasteiger partial charge on any atom is 0.263 e. The molecule has 2 aliphatic heterocycles. The van der Waals surface area contributed by atoms with E-state index in [4.69, 9.17) is 23.2 Å². The molecule has 3 aromatic rings. The van der Waals surface area contributed by atoms with Crippen LogP contribution in [0.1, 0.15) is 15.9 Å². The summed E-state index contributed by atoms with van der Waals surface area (Å²) < 4.78 is 0. The summed E-state index contributed by atoms with van der Waals surface area (Å²) in [5.74, 6) is 0.599. The number of aromatic nitrogens is 2. The SMILES string of the molecule is O=C1c2cnc(Nc3ccc4c(c3)NCC4)nc2SCN1c1c(Cl)cccc1Cl. The molecule has 0 saturated heterocycles. The quantitative estimate of drug-likeness (QED) is 0.541. The van der Waals surface area contributed by atoms with Gasteiger partial charge in [0.1, 0.15) is 5.03 Å². The number of fused-ring (bicyclic) bond motifs is 2. The highest BCUT2D eigenvalue weighted by Crippen LogP contribution is 2.39. The molecule has 0 bridgehead atoms. The molecule has 2 aromatic carbocycles. The van der Waals surface area contributed by atoms with E-state index in [9.17, 15) is 4.79 Å². The number of hydrogen-bond acceptors (Lipinski definition) is 6. The van der Waals surface area contributed by atoms with Gasteiger partial charge in [-0.2, -0.15) is 0 Å². The number of carbonyl (C=O) groups is 1. The summed E-state index contributed by atoms with van der Waals surface area (Å²) in [4.78, 5) is 23.4. The van der Waals surface area contributed by atoms with E-state index in [2.05, 4.69) is 26.7 Å². The summed E-state index contributed by atoms with van der Waals surface area (Å²) in [6, 6.07) is 11.3. The van der Waals surface area contributed by atoms with Crippen molar-refractivity contribution in [1.29, 1.82) is 0 Å². The van der Waals surface area contributed by atoms with Crippen LogP contribution >= 0.6 is 35.0 Å². The molecule has 5 rings (SSSR count). The molecular formula is C20H15Cl2N5OS. The molecule has 2 aliphatic rings. The summed E-state index contributed by atoms with van der Waals surface area (Å²) >= 11 is 14.0. The average Bonchev–Trinajstić information content (AvgIpc) is 3.17. The van der Waals surface area contributed by atoms with Crippen LogP contribution in [0.5, 0.6) is 0 Å². The van der Waals surface area contributed by atoms with Crippen LogP contribution in [0.2, 0.25) is 10.0 Å². The molecule has 29 heavy (non-hydrogen) atoms. The first-order valence-electron chi connectivity index (χ1n) is 9.00. The molecule has 0 atom stereocenters. The molecule has 1 amide bonds. The topological polar surface area (TPSA) is 70.1 Å². The Hall–Kier alpha value is -2.48. The first-order chi connectivity index (χ1) is 14.1. The molecule has 3 heterocycles. The van der Waals surface area contributed by atoms with Crippen molar-refractivity contribution < 1.29 is 4.79 Å². The molecule has 6 nitrogen and oxygen atoms in total. The van der Waals surface area contributed by atoms with E-state index in [1.165, 1.54) is 17.3 Å². The number of anilines is 4. The minimum Gasteiger partial charge on any atom is -0.384 e. The molecule has 9 heteroatoms. The lowest BCUT2D eigenvalue weighted by Gasteiger charge is -2.28. The van der Waals surface area contributed by atoms with Crippen LogP contribution in [0.25, 0.3) is 0 Å². The number of amides is 1. The summed E-state index contributed by atoms with van der Waals surface area (Å²) in [6.45, 7) is 0.957. The van der Waals surface area contributed by atoms with E-state index < -0.39 is 0 Å². The molecule has 0 spiro atoms. The Labute approximate surface area is 181 Å². The van der Waals surface area contributed by atoms with Crippen LogP contribution in [0.3, 0.4) is 0 Å². The van der Waals surface area contributed by atoms with Crippen LogP contribution in [0, 0.1) is 0 Å². The minimum absolute atomic E-state index is 0.220. The molecule has 0 radical (unpaired) electrons. The van der Waals surface area contributed by atoms with Crippen molar-refractivity contribution in [2.24, 2.45) is 0 Å². The standard InChI is InChI=1S/C20H15Cl2N5OS/c21-14-2-1-3-15(22)17(14)27-10-29-18-13(19(27)28)9-24-20(26-18)25-12-5-4-11-6-7-23-16(11)8-12/h1-5,8-9,23H,6-7,10H2,(H,24,25,26). The Kier molecular flexibility index (Phi) is 4.73. The molecule has 0 saturated carbocycles. The second-order valence-electron chi connectivity index (χ2n) is 6.66. The molecule has 1 aromatic heterocycles. The zero-order valence-electron chi connectivity index (χ0n) is 15.1. The van der Waals surface area contributed by atoms with E-state index in [0.717, 1.165) is 24.3 Å². The van der Waals surface area contributed by atoms with Crippen LogP contribution in [0.15, 0.2) is 47.6 Å². The van der Waals surface area contributed by atoms with Gasteiger partial charge >= 0.3 is 0 Å². The van der Waals surface area contributed by atoms with Crippen molar-refractivity contribution in [3.8, 4) is 0 Å². The first-order valence-corrected chi connectivity index (χ1v) is 10.7. The van der Waals surface area contributed by atoms with Crippen LogP contribution in [0.4, 0.5) is 23.0 Å². The number of benzene rings is 2. The Morgan fingerprint density at radius 3 is 2.83 bits per heavy atom. The van der Waals surface area contributed by atoms with Crippen LogP contribution in [-0.4, -0.2) is 28.3 Å². The van der Waals surface area contributed by atoms with Gasteiger partial charge < -0.3 is 10.6 Å². The van der Waals surface area contributed by atoms with Crippen molar-refractivity contribution >= 4 is 63.9 Å². The van der Waals surface area contributed by atoms with Gasteiger partial charge in [-0.25, -0.2) is 9.97 Å². The maximum atomic E-state index is 13.0. The summed E-state index contributed by atoms with van der Waals surface area (Å²) in [7, 11) is 0. The van der Waals surface area contributed by atoms with Crippen molar-refractivity contribution in [3.05, 3.63) is 63.8 Å². The fourth-order valence-electron chi connectivity index (χ4n) is 3.42. The van der Waals surface area contributed by atoms with Crippen LogP contribution in [-0.2, 0) is 6.42 Å². The molecule has 146 valence electrons. The van der Waals surface area contributed by atoms with E-state index in [1.807, 2.05) is 12.1 Å². The van der Waals surface area contributed by atoms with Crippen molar-refractivity contribution in [1.82, 2.24) is 9.97 Å². The van der Waals surface area contributed by atoms with Gasteiger partial charge in [-0.3, -0.25) is 9.69 Å². The third kappa shape index (κ3) is 3.39. The zero-order chi connectivity index (χ0) is 20.0. The van der Waals surface area contributed by atoms with Crippen molar-refractivity contribution in [2.45, 2.75) is 11.4 Å². The number of hydrogen-bond donors (Lipinski definition) is 2. The lowest BCUT2D eigenvalue weighted by atomic mass is 10.1. The predicted octanol–water partition coefficient (Wildman–Crippen LogP) is 5.21. The van der Waals surface area contributed by atoms with Gasteiger partial charge in [-0.15, -0.1) is 0 Å². The lowest BCUT2D eigenvalue weighted by molar-refractivity contribution is 0.0985. The second-order valence-corrected chi connectivity index (χ2v) is 8.41. The van der Waals surface area contributed by atoms with Crippen molar-refractivity contribution in [3.63, 3.8) is 0 Å².